The van der Waals surface area contributed by atoms with Crippen LogP contribution in [0.3, 0.4) is 0 Å². The van der Waals surface area contributed by atoms with Crippen LogP contribution >= 0.6 is 0 Å². The fraction of sp³-hybridized carbons (Fsp3) is 0.700. The highest BCUT2D eigenvalue weighted by Gasteiger charge is 2.32. The molecule has 6 heteroatoms. The van der Waals surface area contributed by atoms with Crippen LogP contribution in [0, 0.1) is 0 Å². The van der Waals surface area contributed by atoms with Gasteiger partial charge in [-0.25, -0.2) is 9.59 Å². The van der Waals surface area contributed by atoms with Crippen LogP contribution in [0.4, 0.5) is 4.79 Å². The highest BCUT2D eigenvalue weighted by atomic mass is 16.6. The molecule has 1 aliphatic heterocycles. The molecule has 0 spiro atoms. The van der Waals surface area contributed by atoms with Gasteiger partial charge in [-0.2, -0.15) is 0 Å². The molecule has 1 fully saturated rings. The number of nitrogens with two attached hydrogens (primary N) is 1. The first-order chi connectivity index (χ1) is 7.65. The Morgan fingerprint density at radius 3 is 2.81 bits per heavy atom. The van der Waals surface area contributed by atoms with E-state index in [2.05, 4.69) is 0 Å². The molecule has 2 N–H and O–H groups in total. The number of hydrogen-bond donors (Lipinski definition) is 1. The van der Waals surface area contributed by atoms with Gasteiger partial charge in [-0.15, -0.1) is 0 Å². The molecule has 1 amide bonds. The molecular formula is C10H17N3O3. The second-order valence-corrected chi connectivity index (χ2v) is 3.50. The summed E-state index contributed by atoms with van der Waals surface area (Å²) < 4.78 is 4.91. The monoisotopic (exact) mass is 227 g/mol. The molecule has 0 aromatic carbocycles. The number of carbonyl (C=O) groups excluding carboxylic acids is 2. The van der Waals surface area contributed by atoms with Crippen molar-refractivity contribution < 1.29 is 14.3 Å². The Kier molecular flexibility index (Phi) is 4.34. The van der Waals surface area contributed by atoms with Gasteiger partial charge in [-0.1, -0.05) is 0 Å². The van der Waals surface area contributed by atoms with E-state index in [1.165, 1.54) is 4.90 Å². The number of nitrogens with zero attached hydrogens (tertiary/aromatic N) is 2. The molecule has 6 nitrogen and oxygen atoms in total. The lowest BCUT2D eigenvalue weighted by Crippen LogP contribution is -2.53. The second-order valence-electron chi connectivity index (χ2n) is 3.50. The van der Waals surface area contributed by atoms with Crippen molar-refractivity contribution in [3.05, 3.63) is 5.70 Å². The molecule has 0 aliphatic carbocycles. The van der Waals surface area contributed by atoms with Gasteiger partial charge in [0, 0.05) is 13.1 Å². The number of piperazine rings is 1. The van der Waals surface area contributed by atoms with Gasteiger partial charge in [0.2, 0.25) is 0 Å². The Bertz CT molecular complexity index is 312. The van der Waals surface area contributed by atoms with Crippen molar-refractivity contribution in [3.63, 3.8) is 0 Å². The van der Waals surface area contributed by atoms with Crippen molar-refractivity contribution in [1.29, 1.82) is 0 Å². The molecule has 0 bridgehead atoms. The van der Waals surface area contributed by atoms with Crippen molar-refractivity contribution >= 4 is 12.0 Å². The normalized spacial score (nSPS) is 20.7. The molecule has 1 heterocycles. The molecule has 0 radical (unpaired) electrons. The maximum atomic E-state index is 11.6. The van der Waals surface area contributed by atoms with Crippen molar-refractivity contribution in [3.8, 4) is 0 Å². The zero-order chi connectivity index (χ0) is 12.1. The highest BCUT2D eigenvalue weighted by molar-refractivity contribution is 5.70. The maximum absolute atomic E-state index is 11.6. The topological polar surface area (TPSA) is 75.9 Å². The number of rotatable bonds is 2. The molecule has 1 unspecified atom stereocenters. The van der Waals surface area contributed by atoms with E-state index in [1.807, 2.05) is 5.94 Å². The number of carbonyl (C=O) groups is 1. The summed E-state index contributed by atoms with van der Waals surface area (Å²) in [6, 6.07) is -0.339. The summed E-state index contributed by atoms with van der Waals surface area (Å²) in [6.07, 6.45) is -0.403. The Labute approximate surface area is 94.6 Å². The third kappa shape index (κ3) is 2.35. The number of hydrogen-bond acceptors (Lipinski definition) is 5. The second kappa shape index (κ2) is 5.53. The fourth-order valence-electron chi connectivity index (χ4n) is 1.75. The van der Waals surface area contributed by atoms with Crippen molar-refractivity contribution in [2.75, 3.05) is 26.4 Å². The molecule has 0 saturated carbocycles. The molecular weight excluding hydrogens is 210 g/mol. The van der Waals surface area contributed by atoms with Gasteiger partial charge in [-0.05, 0) is 13.8 Å². The first-order valence-electron chi connectivity index (χ1n) is 5.29. The lowest BCUT2D eigenvalue weighted by molar-refractivity contribution is 0.0753. The van der Waals surface area contributed by atoms with Gasteiger partial charge in [-0.3, -0.25) is 4.90 Å². The Morgan fingerprint density at radius 2 is 2.31 bits per heavy atom. The van der Waals surface area contributed by atoms with Crippen LogP contribution in [0.2, 0.25) is 0 Å². The molecule has 0 aromatic heterocycles. The number of ether oxygens (including phenoxy) is 1. The molecule has 1 saturated heterocycles. The van der Waals surface area contributed by atoms with Crippen LogP contribution in [-0.4, -0.2) is 54.2 Å². The van der Waals surface area contributed by atoms with E-state index < -0.39 is 6.09 Å². The maximum Gasteiger partial charge on any atom is 0.410 e. The molecule has 0 aromatic rings. The van der Waals surface area contributed by atoms with E-state index in [0.29, 0.717) is 25.4 Å². The standard InChI is InChI=1S/C10H17N3O3/c1-3-16-10(15)13-5-4-12(7-11)9(6-14)8(13)2/h8H,3-5,7,11H2,1-2H3. The average molecular weight is 227 g/mol. The van der Waals surface area contributed by atoms with Gasteiger partial charge in [0.15, 0.2) is 0 Å². The third-order valence-corrected chi connectivity index (χ3v) is 2.64. The molecule has 1 atom stereocenters. The zero-order valence-corrected chi connectivity index (χ0v) is 9.60. The minimum atomic E-state index is -0.403. The zero-order valence-electron chi connectivity index (χ0n) is 9.60. The summed E-state index contributed by atoms with van der Waals surface area (Å²) in [7, 11) is 0. The van der Waals surface area contributed by atoms with Crippen LogP contribution in [0.5, 0.6) is 0 Å². The minimum Gasteiger partial charge on any atom is -0.450 e. The fourth-order valence-corrected chi connectivity index (χ4v) is 1.75. The molecule has 1 rings (SSSR count). The minimum absolute atomic E-state index is 0.256. The van der Waals surface area contributed by atoms with Crippen LogP contribution in [0.25, 0.3) is 0 Å². The van der Waals surface area contributed by atoms with E-state index in [9.17, 15) is 9.59 Å². The van der Waals surface area contributed by atoms with Gasteiger partial charge in [0.25, 0.3) is 0 Å². The SMILES string of the molecule is CCOC(=O)N1CCN(CN)C(=C=O)C1C. The van der Waals surface area contributed by atoms with Gasteiger partial charge < -0.3 is 15.4 Å². The Balaban J connectivity index is 2.79. The summed E-state index contributed by atoms with van der Waals surface area (Å²) >= 11 is 0. The van der Waals surface area contributed by atoms with Gasteiger partial charge in [0.05, 0.1) is 19.3 Å². The molecule has 16 heavy (non-hydrogen) atoms. The van der Waals surface area contributed by atoms with E-state index in [1.54, 1.807) is 18.7 Å². The predicted octanol–water partition coefficient (Wildman–Crippen LogP) is -0.219. The van der Waals surface area contributed by atoms with E-state index in [4.69, 9.17) is 10.5 Å². The highest BCUT2D eigenvalue weighted by Crippen LogP contribution is 2.18. The first kappa shape index (κ1) is 12.5. The first-order valence-corrected chi connectivity index (χ1v) is 5.29. The molecule has 1 aliphatic rings. The van der Waals surface area contributed by atoms with Crippen LogP contribution in [0.1, 0.15) is 13.8 Å². The number of amides is 1. The van der Waals surface area contributed by atoms with Crippen LogP contribution in [-0.2, 0) is 9.53 Å². The predicted molar refractivity (Wildman–Crippen MR) is 58.2 cm³/mol. The van der Waals surface area contributed by atoms with Gasteiger partial charge >= 0.3 is 6.09 Å². The summed E-state index contributed by atoms with van der Waals surface area (Å²) in [6.45, 7) is 5.12. The van der Waals surface area contributed by atoms with E-state index in [-0.39, 0.29) is 12.7 Å². The Morgan fingerprint density at radius 1 is 1.62 bits per heavy atom. The third-order valence-electron chi connectivity index (χ3n) is 2.64. The summed E-state index contributed by atoms with van der Waals surface area (Å²) in [5.41, 5.74) is 5.91. The lowest BCUT2D eigenvalue weighted by Gasteiger charge is -2.39. The largest absolute Gasteiger partial charge is 0.450 e. The lowest BCUT2D eigenvalue weighted by atomic mass is 10.1. The van der Waals surface area contributed by atoms with Crippen LogP contribution in [0.15, 0.2) is 5.70 Å². The summed E-state index contributed by atoms with van der Waals surface area (Å²) in [4.78, 5) is 25.6. The van der Waals surface area contributed by atoms with Crippen LogP contribution < -0.4 is 5.73 Å². The van der Waals surface area contributed by atoms with E-state index in [0.717, 1.165) is 0 Å². The van der Waals surface area contributed by atoms with Crippen molar-refractivity contribution in [2.24, 2.45) is 5.73 Å². The quantitative estimate of drug-likeness (QED) is 0.660. The molecule has 90 valence electrons. The smallest absolute Gasteiger partial charge is 0.410 e. The summed E-state index contributed by atoms with van der Waals surface area (Å²) in [5, 5.41) is 0. The average Bonchev–Trinajstić information content (AvgIpc) is 2.28. The Hall–Kier alpha value is -1.52. The van der Waals surface area contributed by atoms with E-state index >= 15 is 0 Å². The van der Waals surface area contributed by atoms with Crippen molar-refractivity contribution in [1.82, 2.24) is 9.80 Å². The van der Waals surface area contributed by atoms with Crippen molar-refractivity contribution in [2.45, 2.75) is 19.9 Å². The summed E-state index contributed by atoms with van der Waals surface area (Å²) in [5.74, 6) is 1.84. The van der Waals surface area contributed by atoms with Gasteiger partial charge in [0.1, 0.15) is 11.6 Å².